The molecule has 0 saturated carbocycles. The van der Waals surface area contributed by atoms with E-state index in [1.807, 2.05) is 0 Å². The molecule has 0 N–H and O–H groups in total. The predicted molar refractivity (Wildman–Crippen MR) is 61.1 cm³/mol. The molecule has 82 valence electrons. The molecule has 0 aromatic carbocycles. The Kier molecular flexibility index (Phi) is 2.30. The largest absolute Gasteiger partial charge is 0.492 e. The molecule has 0 atom stereocenters. The van der Waals surface area contributed by atoms with E-state index in [2.05, 4.69) is 55.4 Å². The standard InChI is InChI=1S/C13H24O/c1-9-10(2)14-13(7,8)12(5,6)11(9,3)4/h1-8H3. The van der Waals surface area contributed by atoms with E-state index in [4.69, 9.17) is 4.74 Å². The van der Waals surface area contributed by atoms with Gasteiger partial charge in [0.2, 0.25) is 0 Å². The van der Waals surface area contributed by atoms with Gasteiger partial charge in [0.25, 0.3) is 0 Å². The molecule has 0 spiro atoms. The van der Waals surface area contributed by atoms with Crippen molar-refractivity contribution in [3.05, 3.63) is 11.3 Å². The fourth-order valence-corrected chi connectivity index (χ4v) is 2.25. The molecule has 0 radical (unpaired) electrons. The normalized spacial score (nSPS) is 28.6. The Morgan fingerprint density at radius 2 is 1.29 bits per heavy atom. The van der Waals surface area contributed by atoms with E-state index < -0.39 is 0 Å². The van der Waals surface area contributed by atoms with Crippen LogP contribution >= 0.6 is 0 Å². The zero-order valence-electron chi connectivity index (χ0n) is 10.9. The highest BCUT2D eigenvalue weighted by molar-refractivity contribution is 5.23. The first-order valence-corrected chi connectivity index (χ1v) is 5.41. The lowest BCUT2D eigenvalue weighted by Crippen LogP contribution is -2.54. The molecular formula is C13H24O. The first-order valence-electron chi connectivity index (χ1n) is 5.41. The molecule has 0 bridgehead atoms. The van der Waals surface area contributed by atoms with Gasteiger partial charge in [-0.1, -0.05) is 27.7 Å². The minimum atomic E-state index is -0.0971. The van der Waals surface area contributed by atoms with Crippen molar-refractivity contribution >= 4 is 0 Å². The zero-order chi connectivity index (χ0) is 11.4. The van der Waals surface area contributed by atoms with Crippen molar-refractivity contribution in [2.45, 2.75) is 61.0 Å². The van der Waals surface area contributed by atoms with Crippen molar-refractivity contribution in [2.75, 3.05) is 0 Å². The zero-order valence-corrected chi connectivity index (χ0v) is 10.9. The molecule has 14 heavy (non-hydrogen) atoms. The van der Waals surface area contributed by atoms with Crippen LogP contribution in [-0.2, 0) is 4.74 Å². The SMILES string of the molecule is CC1=C(C)C(C)(C)C(C)(C)C(C)(C)O1. The lowest BCUT2D eigenvalue weighted by molar-refractivity contribution is -0.130. The van der Waals surface area contributed by atoms with Crippen LogP contribution in [-0.4, -0.2) is 5.60 Å². The lowest BCUT2D eigenvalue weighted by Gasteiger charge is -2.56. The van der Waals surface area contributed by atoms with Gasteiger partial charge in [-0.3, -0.25) is 0 Å². The minimum absolute atomic E-state index is 0.0971. The number of hydrogen-bond donors (Lipinski definition) is 0. The molecule has 0 amide bonds. The Bertz CT molecular complexity index is 280. The molecule has 1 rings (SSSR count). The maximum Gasteiger partial charge on any atom is 0.109 e. The molecule has 1 nitrogen and oxygen atoms in total. The Morgan fingerprint density at radius 1 is 0.857 bits per heavy atom. The summed E-state index contributed by atoms with van der Waals surface area (Å²) in [5, 5.41) is 0. The molecular weight excluding hydrogens is 172 g/mol. The topological polar surface area (TPSA) is 9.23 Å². The monoisotopic (exact) mass is 196 g/mol. The van der Waals surface area contributed by atoms with Crippen LogP contribution in [0.5, 0.6) is 0 Å². The van der Waals surface area contributed by atoms with Crippen LogP contribution in [0, 0.1) is 10.8 Å². The highest BCUT2D eigenvalue weighted by atomic mass is 16.5. The number of rotatable bonds is 0. The van der Waals surface area contributed by atoms with E-state index in [0.29, 0.717) is 0 Å². The average Bonchev–Trinajstić information content (AvgIpc) is 1.99. The number of hydrogen-bond acceptors (Lipinski definition) is 1. The maximum absolute atomic E-state index is 6.02. The molecule has 0 aromatic heterocycles. The summed E-state index contributed by atoms with van der Waals surface area (Å²) in [6, 6.07) is 0. The summed E-state index contributed by atoms with van der Waals surface area (Å²) in [6.07, 6.45) is 0. The molecule has 1 heteroatoms. The first-order chi connectivity index (χ1) is 6.04. The van der Waals surface area contributed by atoms with E-state index in [1.54, 1.807) is 0 Å². The van der Waals surface area contributed by atoms with Crippen LogP contribution in [0.3, 0.4) is 0 Å². The highest BCUT2D eigenvalue weighted by Crippen LogP contribution is 2.56. The summed E-state index contributed by atoms with van der Waals surface area (Å²) in [4.78, 5) is 0. The summed E-state index contributed by atoms with van der Waals surface area (Å²) >= 11 is 0. The quantitative estimate of drug-likeness (QED) is 0.565. The van der Waals surface area contributed by atoms with Gasteiger partial charge in [0, 0.05) is 5.41 Å². The van der Waals surface area contributed by atoms with Crippen molar-refractivity contribution in [1.29, 1.82) is 0 Å². The number of ether oxygens (including phenoxy) is 1. The van der Waals surface area contributed by atoms with Crippen molar-refractivity contribution in [3.63, 3.8) is 0 Å². The predicted octanol–water partition coefficient (Wildman–Crippen LogP) is 4.14. The van der Waals surface area contributed by atoms with E-state index in [9.17, 15) is 0 Å². The summed E-state index contributed by atoms with van der Waals surface area (Å²) in [5.41, 5.74) is 1.62. The fraction of sp³-hybridized carbons (Fsp3) is 0.846. The fourth-order valence-electron chi connectivity index (χ4n) is 2.25. The molecule has 1 aliphatic rings. The molecule has 1 heterocycles. The first kappa shape index (κ1) is 11.6. The van der Waals surface area contributed by atoms with Crippen LogP contribution in [0.25, 0.3) is 0 Å². The molecule has 0 unspecified atom stereocenters. The minimum Gasteiger partial charge on any atom is -0.492 e. The second-order valence-electron chi connectivity index (χ2n) is 6.04. The van der Waals surface area contributed by atoms with Crippen LogP contribution in [0.15, 0.2) is 11.3 Å². The van der Waals surface area contributed by atoms with Crippen LogP contribution in [0.1, 0.15) is 55.4 Å². The van der Waals surface area contributed by atoms with Gasteiger partial charge < -0.3 is 4.74 Å². The van der Waals surface area contributed by atoms with E-state index >= 15 is 0 Å². The van der Waals surface area contributed by atoms with Gasteiger partial charge in [-0.05, 0) is 38.7 Å². The van der Waals surface area contributed by atoms with Gasteiger partial charge >= 0.3 is 0 Å². The van der Waals surface area contributed by atoms with Gasteiger partial charge in [-0.25, -0.2) is 0 Å². The Morgan fingerprint density at radius 3 is 1.71 bits per heavy atom. The third-order valence-corrected chi connectivity index (χ3v) is 4.94. The Hall–Kier alpha value is -0.460. The van der Waals surface area contributed by atoms with Crippen molar-refractivity contribution in [1.82, 2.24) is 0 Å². The van der Waals surface area contributed by atoms with Gasteiger partial charge in [0.15, 0.2) is 0 Å². The van der Waals surface area contributed by atoms with E-state index in [1.165, 1.54) is 5.57 Å². The average molecular weight is 196 g/mol. The second kappa shape index (κ2) is 2.77. The van der Waals surface area contributed by atoms with Crippen LogP contribution in [0.2, 0.25) is 0 Å². The van der Waals surface area contributed by atoms with Gasteiger partial charge in [0.1, 0.15) is 5.60 Å². The maximum atomic E-state index is 6.02. The van der Waals surface area contributed by atoms with Gasteiger partial charge in [0.05, 0.1) is 5.76 Å². The molecule has 0 saturated heterocycles. The van der Waals surface area contributed by atoms with Gasteiger partial charge in [-0.15, -0.1) is 0 Å². The smallest absolute Gasteiger partial charge is 0.109 e. The third kappa shape index (κ3) is 1.21. The summed E-state index contributed by atoms with van der Waals surface area (Å²) < 4.78 is 6.02. The summed E-state index contributed by atoms with van der Waals surface area (Å²) in [6.45, 7) is 17.9. The lowest BCUT2D eigenvalue weighted by atomic mass is 9.56. The highest BCUT2D eigenvalue weighted by Gasteiger charge is 2.53. The van der Waals surface area contributed by atoms with Crippen molar-refractivity contribution in [2.24, 2.45) is 10.8 Å². The van der Waals surface area contributed by atoms with E-state index in [-0.39, 0.29) is 16.4 Å². The van der Waals surface area contributed by atoms with Gasteiger partial charge in [-0.2, -0.15) is 0 Å². The Labute approximate surface area is 88.5 Å². The number of allylic oxidation sites excluding steroid dienone is 2. The molecule has 1 aliphatic heterocycles. The second-order valence-corrected chi connectivity index (χ2v) is 6.04. The van der Waals surface area contributed by atoms with Crippen LogP contribution in [0.4, 0.5) is 0 Å². The van der Waals surface area contributed by atoms with E-state index in [0.717, 1.165) is 5.76 Å². The van der Waals surface area contributed by atoms with Crippen molar-refractivity contribution in [3.8, 4) is 0 Å². The Balaban J connectivity index is 3.36. The molecule has 0 fully saturated rings. The van der Waals surface area contributed by atoms with Crippen molar-refractivity contribution < 1.29 is 4.74 Å². The summed E-state index contributed by atoms with van der Waals surface area (Å²) in [5.74, 6) is 1.10. The summed E-state index contributed by atoms with van der Waals surface area (Å²) in [7, 11) is 0. The third-order valence-electron chi connectivity index (χ3n) is 4.94. The molecule has 0 aliphatic carbocycles. The molecule has 0 aromatic rings. The van der Waals surface area contributed by atoms with Crippen LogP contribution < -0.4 is 0 Å².